The normalized spacial score (nSPS) is 10.6. The molecular weight excluding hydrogens is 322 g/mol. The van der Waals surface area contributed by atoms with Gasteiger partial charge in [0.05, 0.1) is 7.11 Å². The van der Waals surface area contributed by atoms with Crippen molar-refractivity contribution in [3.63, 3.8) is 0 Å². The average Bonchev–Trinajstić information content (AvgIpc) is 2.67. The summed E-state index contributed by atoms with van der Waals surface area (Å²) in [5, 5.41) is 9.57. The lowest BCUT2D eigenvalue weighted by atomic mass is 9.95. The molecule has 0 saturated heterocycles. The fourth-order valence-corrected chi connectivity index (χ4v) is 2.93. The molecule has 0 bridgehead atoms. The van der Waals surface area contributed by atoms with Crippen LogP contribution in [-0.4, -0.2) is 7.11 Å². The predicted octanol–water partition coefficient (Wildman–Crippen LogP) is 4.42. The lowest BCUT2D eigenvalue weighted by Gasteiger charge is -2.10. The van der Waals surface area contributed by atoms with E-state index in [4.69, 9.17) is 10.5 Å². The number of methoxy groups -OCH3 is 1. The third kappa shape index (κ3) is 3.38. The highest BCUT2D eigenvalue weighted by Gasteiger charge is 2.17. The molecule has 3 rings (SSSR count). The van der Waals surface area contributed by atoms with Crippen molar-refractivity contribution >= 4 is 5.82 Å². The number of nitrogens with zero attached hydrogens (tertiary/aromatic N) is 1. The van der Waals surface area contributed by atoms with E-state index in [9.17, 15) is 5.26 Å². The second kappa shape index (κ2) is 7.28. The minimum Gasteiger partial charge on any atom is -0.497 e. The van der Waals surface area contributed by atoms with Gasteiger partial charge >= 0.3 is 0 Å². The van der Waals surface area contributed by atoms with E-state index in [-0.39, 0.29) is 0 Å². The van der Waals surface area contributed by atoms with Crippen LogP contribution in [0.2, 0.25) is 0 Å². The number of H-pyrrole nitrogens is 1. The molecule has 0 spiro atoms. The van der Waals surface area contributed by atoms with Crippen molar-refractivity contribution in [1.82, 2.24) is 0 Å². The van der Waals surface area contributed by atoms with Crippen LogP contribution in [0.4, 0.5) is 5.82 Å². The Hall–Kier alpha value is -3.32. The fourth-order valence-electron chi connectivity index (χ4n) is 2.93. The molecule has 3 N–H and O–H groups in total. The van der Waals surface area contributed by atoms with Crippen molar-refractivity contribution in [2.75, 3.05) is 12.8 Å². The first-order chi connectivity index (χ1) is 12.5. The molecule has 0 aliphatic heterocycles. The lowest BCUT2D eigenvalue weighted by molar-refractivity contribution is -0.346. The van der Waals surface area contributed by atoms with Crippen molar-refractivity contribution < 1.29 is 9.72 Å². The Balaban J connectivity index is 2.11. The predicted molar refractivity (Wildman–Crippen MR) is 104 cm³/mol. The Morgan fingerprint density at radius 3 is 2.15 bits per heavy atom. The summed E-state index contributed by atoms with van der Waals surface area (Å²) in [7, 11) is 1.64. The first kappa shape index (κ1) is 17.5. The highest BCUT2D eigenvalue weighted by molar-refractivity contribution is 5.77. The van der Waals surface area contributed by atoms with Crippen LogP contribution in [0.5, 0.6) is 5.75 Å². The minimum absolute atomic E-state index is 0.365. The van der Waals surface area contributed by atoms with Gasteiger partial charge < -0.3 is 4.74 Å². The molecule has 0 amide bonds. The average molecular weight is 344 g/mol. The third-order valence-electron chi connectivity index (χ3n) is 4.50. The Morgan fingerprint density at radius 1 is 1.00 bits per heavy atom. The standard InChI is InChI=1S/C22H21N3O/c1-14(2)15-4-6-16(7-5-15)19-12-21(25-22(24)20(19)13-23)17-8-10-18(26-3)11-9-17/h4-12,14H,1-3H3,(H2,24,25)/p+1. The van der Waals surface area contributed by atoms with Crippen LogP contribution in [0.25, 0.3) is 22.4 Å². The Bertz CT molecular complexity index is 952. The van der Waals surface area contributed by atoms with Crippen LogP contribution in [0.3, 0.4) is 0 Å². The molecule has 0 saturated carbocycles. The number of anilines is 1. The molecule has 0 fully saturated rings. The number of aromatic amines is 1. The van der Waals surface area contributed by atoms with Crippen molar-refractivity contribution in [3.8, 4) is 34.2 Å². The quantitative estimate of drug-likeness (QED) is 0.761. The van der Waals surface area contributed by atoms with Crippen molar-refractivity contribution in [2.45, 2.75) is 19.8 Å². The molecule has 26 heavy (non-hydrogen) atoms. The maximum absolute atomic E-state index is 9.57. The highest BCUT2D eigenvalue weighted by atomic mass is 16.5. The minimum atomic E-state index is 0.365. The van der Waals surface area contributed by atoms with Crippen LogP contribution >= 0.6 is 0 Å². The van der Waals surface area contributed by atoms with Gasteiger partial charge in [-0.25, -0.2) is 4.98 Å². The van der Waals surface area contributed by atoms with E-state index in [2.05, 4.69) is 37.0 Å². The van der Waals surface area contributed by atoms with Gasteiger partial charge in [0.2, 0.25) is 0 Å². The van der Waals surface area contributed by atoms with E-state index in [0.717, 1.165) is 28.1 Å². The van der Waals surface area contributed by atoms with Gasteiger partial charge in [-0.05, 0) is 47.4 Å². The molecule has 0 aliphatic carbocycles. The Morgan fingerprint density at radius 2 is 1.62 bits per heavy atom. The van der Waals surface area contributed by atoms with Gasteiger partial charge in [0.1, 0.15) is 23.1 Å². The van der Waals surface area contributed by atoms with Crippen LogP contribution in [-0.2, 0) is 0 Å². The summed E-state index contributed by atoms with van der Waals surface area (Å²) in [4.78, 5) is 3.13. The van der Waals surface area contributed by atoms with Crippen molar-refractivity contribution in [2.24, 2.45) is 0 Å². The molecular formula is C22H22N3O+. The maximum Gasteiger partial charge on any atom is 0.289 e. The summed E-state index contributed by atoms with van der Waals surface area (Å²) < 4.78 is 5.21. The van der Waals surface area contributed by atoms with Crippen LogP contribution in [0.1, 0.15) is 30.9 Å². The van der Waals surface area contributed by atoms with Gasteiger partial charge in [-0.1, -0.05) is 38.1 Å². The topological polar surface area (TPSA) is 73.2 Å². The molecule has 0 radical (unpaired) electrons. The van der Waals surface area contributed by atoms with Crippen molar-refractivity contribution in [3.05, 3.63) is 65.7 Å². The third-order valence-corrected chi connectivity index (χ3v) is 4.50. The monoisotopic (exact) mass is 344 g/mol. The van der Waals surface area contributed by atoms with E-state index >= 15 is 0 Å². The summed E-state index contributed by atoms with van der Waals surface area (Å²) in [5.74, 6) is 1.62. The second-order valence-electron chi connectivity index (χ2n) is 6.50. The Labute approximate surface area is 153 Å². The molecule has 1 aromatic heterocycles. The number of nitrogen functional groups attached to an aromatic ring is 1. The zero-order valence-electron chi connectivity index (χ0n) is 15.2. The zero-order chi connectivity index (χ0) is 18.7. The smallest absolute Gasteiger partial charge is 0.289 e. The number of hydrogen-bond donors (Lipinski definition) is 1. The number of rotatable bonds is 4. The maximum atomic E-state index is 9.57. The fraction of sp³-hybridized carbons (Fsp3) is 0.182. The molecule has 2 aromatic carbocycles. The Kier molecular flexibility index (Phi) is 4.90. The number of benzene rings is 2. The molecule has 0 aliphatic rings. The summed E-state index contributed by atoms with van der Waals surface area (Å²) in [6.07, 6.45) is 0. The summed E-state index contributed by atoms with van der Waals surface area (Å²) in [6, 6.07) is 20.2. The van der Waals surface area contributed by atoms with Crippen molar-refractivity contribution in [1.29, 1.82) is 5.26 Å². The molecule has 4 nitrogen and oxygen atoms in total. The number of nitriles is 1. The highest BCUT2D eigenvalue weighted by Crippen LogP contribution is 2.30. The summed E-state index contributed by atoms with van der Waals surface area (Å²) in [6.45, 7) is 4.32. The van der Waals surface area contributed by atoms with E-state index < -0.39 is 0 Å². The molecule has 3 aromatic rings. The van der Waals surface area contributed by atoms with E-state index in [1.165, 1.54) is 5.56 Å². The summed E-state index contributed by atoms with van der Waals surface area (Å²) >= 11 is 0. The number of pyridine rings is 1. The van der Waals surface area contributed by atoms with Gasteiger partial charge in [-0.15, -0.1) is 0 Å². The van der Waals surface area contributed by atoms with Gasteiger partial charge in [0.15, 0.2) is 0 Å². The first-order valence-corrected chi connectivity index (χ1v) is 8.54. The zero-order valence-corrected chi connectivity index (χ0v) is 15.2. The number of ether oxygens (including phenoxy) is 1. The molecule has 1 heterocycles. The van der Waals surface area contributed by atoms with Gasteiger partial charge in [-0.3, -0.25) is 5.73 Å². The largest absolute Gasteiger partial charge is 0.497 e. The number of nitrogens with two attached hydrogens (primary N) is 1. The van der Waals surface area contributed by atoms with Crippen LogP contribution in [0.15, 0.2) is 54.6 Å². The number of aromatic nitrogens is 1. The molecule has 0 atom stereocenters. The van der Waals surface area contributed by atoms with Gasteiger partial charge in [0, 0.05) is 11.1 Å². The van der Waals surface area contributed by atoms with E-state index in [1.807, 2.05) is 42.5 Å². The SMILES string of the molecule is COc1ccc(-c2cc(-c3ccc(C(C)C)cc3)c(C#N)c(N)[nH+]2)cc1. The lowest BCUT2D eigenvalue weighted by Crippen LogP contribution is -2.16. The van der Waals surface area contributed by atoms with Crippen LogP contribution < -0.4 is 15.5 Å². The van der Waals surface area contributed by atoms with Gasteiger partial charge in [0.25, 0.3) is 5.82 Å². The number of nitrogens with one attached hydrogen (secondary N) is 1. The molecule has 130 valence electrons. The summed E-state index contributed by atoms with van der Waals surface area (Å²) in [5.41, 5.74) is 11.5. The number of hydrogen-bond acceptors (Lipinski definition) is 3. The van der Waals surface area contributed by atoms with Crippen LogP contribution in [0, 0.1) is 11.3 Å². The van der Waals surface area contributed by atoms with Gasteiger partial charge in [-0.2, -0.15) is 5.26 Å². The molecule has 0 unspecified atom stereocenters. The first-order valence-electron chi connectivity index (χ1n) is 8.54. The van der Waals surface area contributed by atoms with E-state index in [1.54, 1.807) is 7.11 Å². The second-order valence-corrected chi connectivity index (χ2v) is 6.50. The van der Waals surface area contributed by atoms with E-state index in [0.29, 0.717) is 17.3 Å². The molecule has 4 heteroatoms.